The Bertz CT molecular complexity index is 303. The summed E-state index contributed by atoms with van der Waals surface area (Å²) in [5.74, 6) is -0.462. The fourth-order valence-corrected chi connectivity index (χ4v) is 1.38. The molecule has 0 saturated heterocycles. The lowest BCUT2D eigenvalue weighted by molar-refractivity contribution is -0.120. The van der Waals surface area contributed by atoms with Crippen LogP contribution in [0.25, 0.3) is 0 Å². The van der Waals surface area contributed by atoms with Crippen LogP contribution in [0, 0.1) is 0 Å². The predicted molar refractivity (Wildman–Crippen MR) is 62.1 cm³/mol. The van der Waals surface area contributed by atoms with Gasteiger partial charge in [0, 0.05) is 33.0 Å². The molecule has 0 aliphatic heterocycles. The summed E-state index contributed by atoms with van der Waals surface area (Å²) in [7, 11) is -1.70. The Morgan fingerprint density at radius 1 is 1.31 bits per heavy atom. The lowest BCUT2D eigenvalue weighted by Crippen LogP contribution is -2.40. The SMILES string of the molecule is COCCNCCNC(=O)C(C)S(C)(=O)=O. The van der Waals surface area contributed by atoms with Gasteiger partial charge in [-0.15, -0.1) is 0 Å². The molecular formula is C9H20N2O4S. The number of hydrogen-bond donors (Lipinski definition) is 2. The standard InChI is InChI=1S/C9H20N2O4S/c1-8(16(3,13)14)9(12)11-5-4-10-6-7-15-2/h8,10H,4-7H2,1-3H3,(H,11,12). The van der Waals surface area contributed by atoms with Crippen LogP contribution >= 0.6 is 0 Å². The highest BCUT2D eigenvalue weighted by molar-refractivity contribution is 7.92. The molecule has 2 N–H and O–H groups in total. The number of carbonyl (C=O) groups is 1. The first-order valence-electron chi connectivity index (χ1n) is 5.06. The number of nitrogens with one attached hydrogen (secondary N) is 2. The highest BCUT2D eigenvalue weighted by Crippen LogP contribution is 1.96. The number of methoxy groups -OCH3 is 1. The van der Waals surface area contributed by atoms with E-state index in [-0.39, 0.29) is 0 Å². The van der Waals surface area contributed by atoms with E-state index in [0.29, 0.717) is 26.2 Å². The molecular weight excluding hydrogens is 232 g/mol. The molecule has 0 rings (SSSR count). The zero-order valence-electron chi connectivity index (χ0n) is 9.95. The first-order valence-corrected chi connectivity index (χ1v) is 7.01. The number of amides is 1. The third-order valence-electron chi connectivity index (χ3n) is 2.10. The average molecular weight is 252 g/mol. The Labute approximate surface area is 96.7 Å². The van der Waals surface area contributed by atoms with Crippen molar-refractivity contribution in [1.29, 1.82) is 0 Å². The van der Waals surface area contributed by atoms with Crippen LogP contribution in [0.1, 0.15) is 6.92 Å². The van der Waals surface area contributed by atoms with Gasteiger partial charge in [0.25, 0.3) is 0 Å². The van der Waals surface area contributed by atoms with Crippen molar-refractivity contribution in [2.24, 2.45) is 0 Å². The molecule has 0 aromatic rings. The fourth-order valence-electron chi connectivity index (χ4n) is 0.911. The van der Waals surface area contributed by atoms with E-state index in [1.165, 1.54) is 6.92 Å². The first kappa shape index (κ1) is 15.3. The number of sulfone groups is 1. The summed E-state index contributed by atoms with van der Waals surface area (Å²) >= 11 is 0. The Morgan fingerprint density at radius 3 is 2.44 bits per heavy atom. The summed E-state index contributed by atoms with van der Waals surface area (Å²) in [6.45, 7) is 3.68. The smallest absolute Gasteiger partial charge is 0.238 e. The van der Waals surface area contributed by atoms with Crippen molar-refractivity contribution in [2.45, 2.75) is 12.2 Å². The van der Waals surface area contributed by atoms with Crippen LogP contribution in [0.2, 0.25) is 0 Å². The van der Waals surface area contributed by atoms with Crippen molar-refractivity contribution in [2.75, 3.05) is 39.6 Å². The highest BCUT2D eigenvalue weighted by Gasteiger charge is 2.22. The lowest BCUT2D eigenvalue weighted by Gasteiger charge is -2.10. The van der Waals surface area contributed by atoms with Gasteiger partial charge in [0.2, 0.25) is 5.91 Å². The molecule has 96 valence electrons. The average Bonchev–Trinajstić information content (AvgIpc) is 2.20. The van der Waals surface area contributed by atoms with Gasteiger partial charge in [0.1, 0.15) is 5.25 Å². The molecule has 6 nitrogen and oxygen atoms in total. The van der Waals surface area contributed by atoms with E-state index < -0.39 is 21.0 Å². The molecule has 0 fully saturated rings. The van der Waals surface area contributed by atoms with Gasteiger partial charge in [-0.05, 0) is 6.92 Å². The Balaban J connectivity index is 3.67. The number of hydrogen-bond acceptors (Lipinski definition) is 5. The Kier molecular flexibility index (Phi) is 7.27. The molecule has 16 heavy (non-hydrogen) atoms. The van der Waals surface area contributed by atoms with Crippen molar-refractivity contribution in [3.63, 3.8) is 0 Å². The largest absolute Gasteiger partial charge is 0.383 e. The van der Waals surface area contributed by atoms with Gasteiger partial charge < -0.3 is 15.4 Å². The monoisotopic (exact) mass is 252 g/mol. The summed E-state index contributed by atoms with van der Waals surface area (Å²) < 4.78 is 26.9. The second kappa shape index (κ2) is 7.59. The molecule has 0 aliphatic rings. The van der Waals surface area contributed by atoms with Crippen LogP contribution in [0.3, 0.4) is 0 Å². The molecule has 1 atom stereocenters. The number of carbonyl (C=O) groups excluding carboxylic acids is 1. The van der Waals surface area contributed by atoms with E-state index in [1.54, 1.807) is 7.11 Å². The fraction of sp³-hybridized carbons (Fsp3) is 0.889. The molecule has 7 heteroatoms. The van der Waals surface area contributed by atoms with E-state index >= 15 is 0 Å². The molecule has 1 unspecified atom stereocenters. The molecule has 0 aromatic carbocycles. The topological polar surface area (TPSA) is 84.5 Å². The van der Waals surface area contributed by atoms with Crippen molar-refractivity contribution < 1.29 is 17.9 Å². The molecule has 0 aromatic heterocycles. The van der Waals surface area contributed by atoms with Crippen molar-refractivity contribution >= 4 is 15.7 Å². The van der Waals surface area contributed by atoms with Gasteiger partial charge in [-0.1, -0.05) is 0 Å². The molecule has 0 heterocycles. The van der Waals surface area contributed by atoms with Crippen LogP contribution in [0.15, 0.2) is 0 Å². The van der Waals surface area contributed by atoms with Crippen LogP contribution in [0.5, 0.6) is 0 Å². The maximum absolute atomic E-state index is 11.3. The molecule has 0 spiro atoms. The van der Waals surface area contributed by atoms with Crippen molar-refractivity contribution in [3.05, 3.63) is 0 Å². The minimum absolute atomic E-state index is 0.405. The summed E-state index contributed by atoms with van der Waals surface area (Å²) in [6.07, 6.45) is 1.05. The quantitative estimate of drug-likeness (QED) is 0.529. The van der Waals surface area contributed by atoms with Gasteiger partial charge in [0.05, 0.1) is 6.61 Å². The summed E-state index contributed by atoms with van der Waals surface area (Å²) in [5, 5.41) is 4.58. The van der Waals surface area contributed by atoms with E-state index in [4.69, 9.17) is 4.74 Å². The maximum Gasteiger partial charge on any atom is 0.238 e. The normalized spacial score (nSPS) is 13.4. The van der Waals surface area contributed by atoms with Gasteiger partial charge >= 0.3 is 0 Å². The van der Waals surface area contributed by atoms with Gasteiger partial charge in [-0.25, -0.2) is 8.42 Å². The highest BCUT2D eigenvalue weighted by atomic mass is 32.2. The summed E-state index contributed by atoms with van der Waals surface area (Å²) in [4.78, 5) is 11.3. The Morgan fingerprint density at radius 2 is 1.94 bits per heavy atom. The van der Waals surface area contributed by atoms with Crippen LogP contribution < -0.4 is 10.6 Å². The van der Waals surface area contributed by atoms with E-state index in [2.05, 4.69) is 10.6 Å². The second-order valence-electron chi connectivity index (χ2n) is 3.51. The van der Waals surface area contributed by atoms with Gasteiger partial charge in [0.15, 0.2) is 9.84 Å². The Hall–Kier alpha value is -0.660. The molecule has 1 amide bonds. The lowest BCUT2D eigenvalue weighted by atomic mass is 10.4. The zero-order chi connectivity index (χ0) is 12.6. The third-order valence-corrected chi connectivity index (χ3v) is 3.59. The van der Waals surface area contributed by atoms with Crippen molar-refractivity contribution in [3.8, 4) is 0 Å². The minimum Gasteiger partial charge on any atom is -0.383 e. The molecule has 0 aliphatic carbocycles. The van der Waals surface area contributed by atoms with E-state index in [9.17, 15) is 13.2 Å². The third kappa shape index (κ3) is 6.76. The molecule has 0 radical (unpaired) electrons. The van der Waals surface area contributed by atoms with Gasteiger partial charge in [-0.2, -0.15) is 0 Å². The van der Waals surface area contributed by atoms with Gasteiger partial charge in [-0.3, -0.25) is 4.79 Å². The predicted octanol–water partition coefficient (Wildman–Crippen LogP) is -1.23. The van der Waals surface area contributed by atoms with Crippen LogP contribution in [-0.2, 0) is 19.4 Å². The molecule has 0 bridgehead atoms. The summed E-state index contributed by atoms with van der Waals surface area (Å²) in [5.41, 5.74) is 0. The van der Waals surface area contributed by atoms with E-state index in [1.807, 2.05) is 0 Å². The molecule has 0 saturated carbocycles. The number of ether oxygens (including phenoxy) is 1. The summed E-state index contributed by atoms with van der Waals surface area (Å²) in [6, 6.07) is 0. The van der Waals surface area contributed by atoms with E-state index in [0.717, 1.165) is 6.26 Å². The van der Waals surface area contributed by atoms with Crippen LogP contribution in [-0.4, -0.2) is 59.2 Å². The maximum atomic E-state index is 11.3. The zero-order valence-corrected chi connectivity index (χ0v) is 10.8. The second-order valence-corrected chi connectivity index (χ2v) is 5.87. The number of rotatable bonds is 8. The van der Waals surface area contributed by atoms with Crippen LogP contribution in [0.4, 0.5) is 0 Å². The van der Waals surface area contributed by atoms with Crippen molar-refractivity contribution in [1.82, 2.24) is 10.6 Å². The first-order chi connectivity index (χ1) is 7.39. The minimum atomic E-state index is -3.31.